The molecule has 4 heteroatoms. The number of hydrogen-bond acceptors (Lipinski definition) is 4. The molecule has 2 unspecified atom stereocenters. The molecule has 38 heavy (non-hydrogen) atoms. The monoisotopic (exact) mass is 576 g/mol. The van der Waals surface area contributed by atoms with Crippen LogP contribution in [0.1, 0.15) is 88.8 Å². The molecule has 6 aromatic rings. The van der Waals surface area contributed by atoms with Gasteiger partial charge in [0.25, 0.3) is 0 Å². The first-order chi connectivity index (χ1) is 18.6. The maximum absolute atomic E-state index is 2.49. The van der Waals surface area contributed by atoms with E-state index in [-0.39, 0.29) is 0 Å². The molecule has 2 atom stereocenters. The predicted molar refractivity (Wildman–Crippen MR) is 179 cm³/mol. The maximum atomic E-state index is 2.49. The molecule has 0 saturated heterocycles. The molecule has 0 fully saturated rings. The van der Waals surface area contributed by atoms with Crippen LogP contribution in [-0.2, 0) is 12.8 Å². The summed E-state index contributed by atoms with van der Waals surface area (Å²) in [6.07, 6.45) is 13.1. The van der Waals surface area contributed by atoms with E-state index in [1.54, 1.807) is 9.75 Å². The molecule has 0 N–H and O–H groups in total. The zero-order chi connectivity index (χ0) is 26.2. The number of rotatable bonds is 12. The van der Waals surface area contributed by atoms with Crippen LogP contribution >= 0.6 is 45.3 Å². The van der Waals surface area contributed by atoms with Crippen molar-refractivity contribution >= 4 is 95.1 Å². The zero-order valence-corrected chi connectivity index (χ0v) is 26.6. The van der Waals surface area contributed by atoms with Crippen LogP contribution in [0, 0.1) is 11.8 Å². The molecule has 0 saturated carbocycles. The van der Waals surface area contributed by atoms with Crippen LogP contribution in [0.15, 0.2) is 36.4 Å². The Labute approximate surface area is 243 Å². The smallest absolute Gasteiger partial charge is 0.0543 e. The number of benzene rings is 2. The van der Waals surface area contributed by atoms with Gasteiger partial charge in [0.05, 0.1) is 28.2 Å². The second kappa shape index (κ2) is 11.6. The molecule has 0 bridgehead atoms. The van der Waals surface area contributed by atoms with Crippen molar-refractivity contribution in [1.29, 1.82) is 0 Å². The summed E-state index contributed by atoms with van der Waals surface area (Å²) in [5, 5.41) is 5.83. The van der Waals surface area contributed by atoms with Crippen LogP contribution in [-0.4, -0.2) is 0 Å². The predicted octanol–water partition coefficient (Wildman–Crippen LogP) is 13.2. The van der Waals surface area contributed by atoms with E-state index in [1.807, 2.05) is 22.7 Å². The number of thiophene rings is 4. The quantitative estimate of drug-likeness (QED) is 0.136. The first-order valence-electron chi connectivity index (χ1n) is 14.8. The van der Waals surface area contributed by atoms with E-state index in [9.17, 15) is 0 Å². The average molecular weight is 577 g/mol. The van der Waals surface area contributed by atoms with Crippen molar-refractivity contribution in [2.24, 2.45) is 11.8 Å². The fourth-order valence-corrected chi connectivity index (χ4v) is 11.8. The summed E-state index contributed by atoms with van der Waals surface area (Å²) in [6, 6.07) is 14.6. The summed E-state index contributed by atoms with van der Waals surface area (Å²) in [7, 11) is 0. The molecule has 0 nitrogen and oxygen atoms in total. The molecular formula is C34H40S4. The van der Waals surface area contributed by atoms with Crippen molar-refractivity contribution in [3.8, 4) is 0 Å². The fraction of sp³-hybridized carbons (Fsp3) is 0.471. The molecule has 6 rings (SSSR count). The van der Waals surface area contributed by atoms with Crippen LogP contribution in [0.4, 0.5) is 0 Å². The Morgan fingerprint density at radius 1 is 0.526 bits per heavy atom. The molecule has 4 heterocycles. The minimum atomic E-state index is 0.826. The molecule has 200 valence electrons. The molecule has 2 aromatic carbocycles. The van der Waals surface area contributed by atoms with Crippen LogP contribution in [0.2, 0.25) is 0 Å². The topological polar surface area (TPSA) is 0 Å². The lowest BCUT2D eigenvalue weighted by atomic mass is 9.95. The highest BCUT2D eigenvalue weighted by molar-refractivity contribution is 7.39. The summed E-state index contributed by atoms with van der Waals surface area (Å²) in [4.78, 5) is 3.16. The first kappa shape index (κ1) is 26.7. The minimum absolute atomic E-state index is 0.826. The normalized spacial score (nSPS) is 14.1. The molecule has 0 aliphatic heterocycles. The fourth-order valence-electron chi connectivity index (χ4n) is 6.13. The van der Waals surface area contributed by atoms with Crippen molar-refractivity contribution in [2.45, 2.75) is 91.9 Å². The molecular weight excluding hydrogens is 537 g/mol. The van der Waals surface area contributed by atoms with E-state index in [1.165, 1.54) is 114 Å². The van der Waals surface area contributed by atoms with E-state index in [0.717, 1.165) is 11.8 Å². The highest BCUT2D eigenvalue weighted by Crippen LogP contribution is 2.50. The third-order valence-electron chi connectivity index (χ3n) is 8.55. The third kappa shape index (κ3) is 4.96. The standard InChI is InChI=1S/C34H40S4/c1-5-9-11-21(7-3)17-25-19-23-13-15-27-31(29(23)35-25)37-34-28-16-14-24-20-26(18-22(8-4)12-10-6-2)36-30(24)32(28)38-33(27)34/h13-16,19-22H,5-12,17-18H2,1-4H3. The molecule has 0 spiro atoms. The molecule has 0 aliphatic rings. The number of hydrogen-bond donors (Lipinski definition) is 0. The van der Waals surface area contributed by atoms with Crippen molar-refractivity contribution in [2.75, 3.05) is 0 Å². The van der Waals surface area contributed by atoms with Gasteiger partial charge in [-0.15, -0.1) is 45.3 Å². The Kier molecular flexibility index (Phi) is 8.14. The van der Waals surface area contributed by atoms with Crippen molar-refractivity contribution in [1.82, 2.24) is 0 Å². The Morgan fingerprint density at radius 3 is 1.34 bits per heavy atom. The van der Waals surface area contributed by atoms with Crippen LogP contribution in [0.25, 0.3) is 49.7 Å². The zero-order valence-electron chi connectivity index (χ0n) is 23.3. The molecule has 0 radical (unpaired) electrons. The second-order valence-electron chi connectivity index (χ2n) is 11.3. The van der Waals surface area contributed by atoms with Crippen molar-refractivity contribution in [3.05, 3.63) is 46.2 Å². The average Bonchev–Trinajstić information content (AvgIpc) is 3.69. The lowest BCUT2D eigenvalue weighted by Gasteiger charge is -2.12. The summed E-state index contributed by atoms with van der Waals surface area (Å²) < 4.78 is 9.06. The Hall–Kier alpha value is -1.46. The lowest BCUT2D eigenvalue weighted by molar-refractivity contribution is 0.452. The van der Waals surface area contributed by atoms with Gasteiger partial charge in [-0.1, -0.05) is 103 Å². The molecule has 4 aromatic heterocycles. The van der Waals surface area contributed by atoms with Crippen molar-refractivity contribution in [3.63, 3.8) is 0 Å². The minimum Gasteiger partial charge on any atom is -0.139 e. The van der Waals surface area contributed by atoms with Crippen LogP contribution in [0.3, 0.4) is 0 Å². The number of unbranched alkanes of at least 4 members (excludes halogenated alkanes) is 2. The van der Waals surface area contributed by atoms with E-state index in [2.05, 4.69) is 86.8 Å². The van der Waals surface area contributed by atoms with Gasteiger partial charge in [0, 0.05) is 20.5 Å². The Bertz CT molecular complexity index is 1560. The van der Waals surface area contributed by atoms with Gasteiger partial charge < -0.3 is 0 Å². The summed E-state index contributed by atoms with van der Waals surface area (Å²) in [6.45, 7) is 9.36. The van der Waals surface area contributed by atoms with Gasteiger partial charge in [-0.25, -0.2) is 0 Å². The van der Waals surface area contributed by atoms with E-state index in [4.69, 9.17) is 0 Å². The highest BCUT2D eigenvalue weighted by atomic mass is 32.1. The second-order valence-corrected chi connectivity index (χ2v) is 15.6. The van der Waals surface area contributed by atoms with Gasteiger partial charge in [-0.2, -0.15) is 0 Å². The van der Waals surface area contributed by atoms with E-state index < -0.39 is 0 Å². The molecule has 0 aliphatic carbocycles. The summed E-state index contributed by atoms with van der Waals surface area (Å²) in [5.41, 5.74) is 0. The summed E-state index contributed by atoms with van der Waals surface area (Å²) in [5.74, 6) is 1.65. The largest absolute Gasteiger partial charge is 0.139 e. The van der Waals surface area contributed by atoms with Gasteiger partial charge in [0.2, 0.25) is 0 Å². The lowest BCUT2D eigenvalue weighted by Crippen LogP contribution is -2.01. The van der Waals surface area contributed by atoms with Crippen LogP contribution < -0.4 is 0 Å². The van der Waals surface area contributed by atoms with Gasteiger partial charge in [0.1, 0.15) is 0 Å². The Balaban J connectivity index is 1.38. The van der Waals surface area contributed by atoms with Gasteiger partial charge in [0.15, 0.2) is 0 Å². The summed E-state index contributed by atoms with van der Waals surface area (Å²) >= 11 is 8.22. The first-order valence-corrected chi connectivity index (χ1v) is 18.1. The maximum Gasteiger partial charge on any atom is 0.0543 e. The van der Waals surface area contributed by atoms with Crippen LogP contribution in [0.5, 0.6) is 0 Å². The molecule has 0 amide bonds. The van der Waals surface area contributed by atoms with Gasteiger partial charge in [-0.3, -0.25) is 0 Å². The van der Waals surface area contributed by atoms with Crippen molar-refractivity contribution < 1.29 is 0 Å². The third-order valence-corrected chi connectivity index (χ3v) is 13.8. The Morgan fingerprint density at radius 2 is 0.947 bits per heavy atom. The highest BCUT2D eigenvalue weighted by Gasteiger charge is 2.19. The van der Waals surface area contributed by atoms with E-state index >= 15 is 0 Å². The SMILES string of the molecule is CCCCC(CC)Cc1cc2ccc3c(sc4c5ccc6cc(CC(CC)CCCC)sc6c5sc34)c2s1. The van der Waals surface area contributed by atoms with E-state index in [0.29, 0.717) is 0 Å². The number of fused-ring (bicyclic) bond motifs is 9. The van der Waals surface area contributed by atoms with Gasteiger partial charge in [-0.05, 0) is 47.6 Å². The van der Waals surface area contributed by atoms with Gasteiger partial charge >= 0.3 is 0 Å².